The summed E-state index contributed by atoms with van der Waals surface area (Å²) < 4.78 is 0. The predicted octanol–water partition coefficient (Wildman–Crippen LogP) is 2.62. The number of hydrogen-bond acceptors (Lipinski definition) is 6. The van der Waals surface area contributed by atoms with Crippen LogP contribution in [-0.4, -0.2) is 36.9 Å². The molecule has 0 aliphatic heterocycles. The van der Waals surface area contributed by atoms with E-state index in [-0.39, 0.29) is 51.8 Å². The zero-order valence-electron chi connectivity index (χ0n) is 15.2. The molecule has 142 valence electrons. The Bertz CT molecular complexity index is 979. The summed E-state index contributed by atoms with van der Waals surface area (Å²) in [5.74, 6) is -1.66. The smallest absolute Gasteiger partial charge is 0.197 e. The van der Waals surface area contributed by atoms with Crippen molar-refractivity contribution in [1.82, 2.24) is 0 Å². The highest BCUT2D eigenvalue weighted by atomic mass is 16.3. The molecular weight excluding hydrogens is 348 g/mol. The Morgan fingerprint density at radius 1 is 1.11 bits per heavy atom. The second-order valence-corrected chi connectivity index (χ2v) is 7.71. The quantitative estimate of drug-likeness (QED) is 0.493. The molecule has 27 heavy (non-hydrogen) atoms. The average Bonchev–Trinajstić information content (AvgIpc) is 2.62. The van der Waals surface area contributed by atoms with E-state index >= 15 is 0 Å². The Balaban J connectivity index is 2.03. The summed E-state index contributed by atoms with van der Waals surface area (Å²) in [5, 5.41) is 53.6. The van der Waals surface area contributed by atoms with Gasteiger partial charge < -0.3 is 25.5 Å². The highest BCUT2D eigenvalue weighted by molar-refractivity contribution is 6.15. The molecule has 3 atom stereocenters. The lowest BCUT2D eigenvalue weighted by atomic mass is 9.69. The summed E-state index contributed by atoms with van der Waals surface area (Å²) in [6.45, 7) is 3.67. The molecule has 6 nitrogen and oxygen atoms in total. The van der Waals surface area contributed by atoms with Crippen molar-refractivity contribution in [1.29, 1.82) is 0 Å². The van der Waals surface area contributed by atoms with Crippen molar-refractivity contribution in [2.45, 2.75) is 50.7 Å². The van der Waals surface area contributed by atoms with Crippen LogP contribution >= 0.6 is 0 Å². The molecule has 2 aliphatic rings. The monoisotopic (exact) mass is 370 g/mol. The summed E-state index contributed by atoms with van der Waals surface area (Å²) >= 11 is 0. The van der Waals surface area contributed by atoms with E-state index in [1.54, 1.807) is 0 Å². The van der Waals surface area contributed by atoms with Crippen molar-refractivity contribution >= 4 is 5.78 Å². The molecular formula is C21H22O6. The first-order chi connectivity index (χ1) is 12.7. The van der Waals surface area contributed by atoms with E-state index in [1.807, 2.05) is 13.8 Å². The summed E-state index contributed by atoms with van der Waals surface area (Å²) in [6, 6.07) is 4.31. The number of aromatic hydroxyl groups is 3. The van der Waals surface area contributed by atoms with Gasteiger partial charge in [-0.05, 0) is 24.8 Å². The minimum absolute atomic E-state index is 0.0261. The molecule has 0 aromatic heterocycles. The van der Waals surface area contributed by atoms with Crippen molar-refractivity contribution in [3.63, 3.8) is 0 Å². The SMILES string of the molecule is CC[C@]1(O)Cc2c(O)c3c(c(O)c2[C@H](C)C1)C(O)c1c(O)cccc1C3=O. The Morgan fingerprint density at radius 2 is 1.81 bits per heavy atom. The van der Waals surface area contributed by atoms with E-state index in [4.69, 9.17) is 0 Å². The molecule has 0 spiro atoms. The predicted molar refractivity (Wildman–Crippen MR) is 97.3 cm³/mol. The van der Waals surface area contributed by atoms with Crippen LogP contribution in [0.4, 0.5) is 0 Å². The number of aliphatic hydroxyl groups is 2. The third kappa shape index (κ3) is 2.30. The lowest BCUT2D eigenvalue weighted by Gasteiger charge is -2.39. The van der Waals surface area contributed by atoms with Gasteiger partial charge in [-0.1, -0.05) is 26.0 Å². The van der Waals surface area contributed by atoms with Crippen LogP contribution in [0, 0.1) is 0 Å². The minimum atomic E-state index is -1.44. The van der Waals surface area contributed by atoms with Crippen molar-refractivity contribution in [3.05, 3.63) is 51.6 Å². The molecule has 2 aromatic carbocycles. The molecule has 6 heteroatoms. The second-order valence-electron chi connectivity index (χ2n) is 7.71. The highest BCUT2D eigenvalue weighted by Crippen LogP contribution is 2.54. The summed E-state index contributed by atoms with van der Waals surface area (Å²) in [4.78, 5) is 13.0. The van der Waals surface area contributed by atoms with Crippen LogP contribution in [0.25, 0.3) is 0 Å². The van der Waals surface area contributed by atoms with Gasteiger partial charge in [-0.25, -0.2) is 0 Å². The topological polar surface area (TPSA) is 118 Å². The zero-order valence-corrected chi connectivity index (χ0v) is 15.2. The molecule has 0 radical (unpaired) electrons. The second kappa shape index (κ2) is 5.71. The van der Waals surface area contributed by atoms with Crippen LogP contribution in [0.1, 0.15) is 76.9 Å². The van der Waals surface area contributed by atoms with Crippen LogP contribution in [-0.2, 0) is 6.42 Å². The van der Waals surface area contributed by atoms with Gasteiger partial charge in [-0.15, -0.1) is 0 Å². The molecule has 0 amide bonds. The zero-order chi connectivity index (χ0) is 19.7. The molecule has 2 aliphatic carbocycles. The fraction of sp³-hybridized carbons (Fsp3) is 0.381. The Morgan fingerprint density at radius 3 is 2.48 bits per heavy atom. The number of phenols is 3. The van der Waals surface area contributed by atoms with Gasteiger partial charge in [0, 0.05) is 34.2 Å². The molecule has 5 N–H and O–H groups in total. The third-order valence-corrected chi connectivity index (χ3v) is 6.07. The first kappa shape index (κ1) is 17.8. The normalized spacial score (nSPS) is 26.3. The number of rotatable bonds is 1. The Hall–Kier alpha value is -2.57. The number of hydrogen-bond donors (Lipinski definition) is 5. The third-order valence-electron chi connectivity index (χ3n) is 6.07. The summed E-state index contributed by atoms with van der Waals surface area (Å²) in [5.41, 5.74) is -0.383. The van der Waals surface area contributed by atoms with E-state index in [9.17, 15) is 30.3 Å². The van der Waals surface area contributed by atoms with Crippen molar-refractivity contribution in [2.24, 2.45) is 0 Å². The number of aliphatic hydroxyl groups excluding tert-OH is 1. The van der Waals surface area contributed by atoms with Crippen LogP contribution in [0.2, 0.25) is 0 Å². The number of carbonyl (C=O) groups is 1. The molecule has 4 rings (SSSR count). The number of phenolic OH excluding ortho intramolecular Hbond substituents is 3. The maximum absolute atomic E-state index is 13.0. The number of fused-ring (bicyclic) bond motifs is 3. The Kier molecular flexibility index (Phi) is 3.77. The molecule has 2 aromatic rings. The first-order valence-electron chi connectivity index (χ1n) is 9.07. The minimum Gasteiger partial charge on any atom is -0.508 e. The number of carbonyl (C=O) groups excluding carboxylic acids is 1. The van der Waals surface area contributed by atoms with E-state index in [2.05, 4.69) is 0 Å². The van der Waals surface area contributed by atoms with Gasteiger partial charge in [0.15, 0.2) is 5.78 Å². The van der Waals surface area contributed by atoms with Gasteiger partial charge in [0.2, 0.25) is 0 Å². The van der Waals surface area contributed by atoms with Crippen LogP contribution in [0.5, 0.6) is 17.2 Å². The Labute approximate surface area is 156 Å². The molecule has 0 heterocycles. The largest absolute Gasteiger partial charge is 0.508 e. The van der Waals surface area contributed by atoms with Gasteiger partial charge in [0.05, 0.1) is 11.2 Å². The van der Waals surface area contributed by atoms with E-state index in [1.165, 1.54) is 18.2 Å². The standard InChI is InChI=1S/C21H22O6/c1-3-21(27)7-9(2)13-11(8-21)18(24)15-16(19(13)25)20(26)14-10(17(15)23)5-4-6-12(14)22/h4-6,9,20,22,24-27H,3,7-8H2,1-2H3/t9-,20?,21-/m1/s1. The summed E-state index contributed by atoms with van der Waals surface area (Å²) in [7, 11) is 0. The van der Waals surface area contributed by atoms with Crippen LogP contribution in [0.3, 0.4) is 0 Å². The van der Waals surface area contributed by atoms with Gasteiger partial charge in [0.25, 0.3) is 0 Å². The van der Waals surface area contributed by atoms with Crippen LogP contribution < -0.4 is 0 Å². The maximum atomic E-state index is 13.0. The van der Waals surface area contributed by atoms with Gasteiger partial charge in [0.1, 0.15) is 23.4 Å². The summed E-state index contributed by atoms with van der Waals surface area (Å²) in [6.07, 6.45) is -0.453. The van der Waals surface area contributed by atoms with Crippen molar-refractivity contribution in [3.8, 4) is 17.2 Å². The van der Waals surface area contributed by atoms with Gasteiger partial charge >= 0.3 is 0 Å². The van der Waals surface area contributed by atoms with Crippen molar-refractivity contribution < 1.29 is 30.3 Å². The molecule has 1 unspecified atom stereocenters. The lowest BCUT2D eigenvalue weighted by molar-refractivity contribution is 0.0145. The van der Waals surface area contributed by atoms with Crippen molar-refractivity contribution in [2.75, 3.05) is 0 Å². The molecule has 0 saturated carbocycles. The average molecular weight is 370 g/mol. The molecule has 0 fully saturated rings. The van der Waals surface area contributed by atoms with E-state index < -0.39 is 17.5 Å². The van der Waals surface area contributed by atoms with Gasteiger partial charge in [-0.3, -0.25) is 4.79 Å². The van der Waals surface area contributed by atoms with E-state index in [0.29, 0.717) is 24.0 Å². The maximum Gasteiger partial charge on any atom is 0.197 e. The molecule has 0 bridgehead atoms. The fourth-order valence-electron chi connectivity index (χ4n) is 4.68. The van der Waals surface area contributed by atoms with Crippen LogP contribution in [0.15, 0.2) is 18.2 Å². The first-order valence-corrected chi connectivity index (χ1v) is 9.07. The molecule has 0 saturated heterocycles. The lowest BCUT2D eigenvalue weighted by Crippen LogP contribution is -2.37. The number of benzene rings is 2. The van der Waals surface area contributed by atoms with E-state index in [0.717, 1.165) is 0 Å². The number of ketones is 1. The highest BCUT2D eigenvalue weighted by Gasteiger charge is 2.44. The van der Waals surface area contributed by atoms with Gasteiger partial charge in [-0.2, -0.15) is 0 Å². The fourth-order valence-corrected chi connectivity index (χ4v) is 4.68.